The summed E-state index contributed by atoms with van der Waals surface area (Å²) >= 11 is 0. The normalized spacial score (nSPS) is 11.0. The summed E-state index contributed by atoms with van der Waals surface area (Å²) in [5.74, 6) is 0.514. The van der Waals surface area contributed by atoms with Crippen molar-refractivity contribution >= 4 is 12.0 Å². The van der Waals surface area contributed by atoms with Crippen LogP contribution in [-0.2, 0) is 0 Å². The van der Waals surface area contributed by atoms with E-state index in [1.807, 2.05) is 59.1 Å². The number of benzene rings is 2. The molecule has 6 nitrogen and oxygen atoms in total. The highest BCUT2D eigenvalue weighted by Gasteiger charge is 2.10. The van der Waals surface area contributed by atoms with Crippen molar-refractivity contribution in [3.05, 3.63) is 78.2 Å². The maximum Gasteiger partial charge on any atom is 0.234 e. The van der Waals surface area contributed by atoms with Crippen LogP contribution >= 0.6 is 0 Å². The van der Waals surface area contributed by atoms with Crippen molar-refractivity contribution < 1.29 is 5.21 Å². The Balaban J connectivity index is 1.82. The predicted molar refractivity (Wildman–Crippen MR) is 98.0 cm³/mol. The lowest BCUT2D eigenvalue weighted by Gasteiger charge is -2.07. The average Bonchev–Trinajstić information content (AvgIpc) is 3.11. The molecule has 0 atom stereocenters. The van der Waals surface area contributed by atoms with Crippen LogP contribution in [0.4, 0.5) is 0 Å². The van der Waals surface area contributed by atoms with Gasteiger partial charge in [-0.05, 0) is 29.3 Å². The minimum atomic E-state index is 0.514. The number of nitriles is 1. The highest BCUT2D eigenvalue weighted by Crippen LogP contribution is 2.28. The van der Waals surface area contributed by atoms with Gasteiger partial charge in [0.25, 0.3) is 0 Å². The van der Waals surface area contributed by atoms with E-state index in [1.165, 1.54) is 6.21 Å². The second-order valence-electron chi connectivity index (χ2n) is 5.65. The number of fused-ring (bicyclic) bond motifs is 1. The van der Waals surface area contributed by atoms with E-state index in [4.69, 9.17) is 5.21 Å². The Bertz CT molecular complexity index is 1170. The van der Waals surface area contributed by atoms with Gasteiger partial charge in [0.15, 0.2) is 0 Å². The quantitative estimate of drug-likeness (QED) is 0.350. The molecule has 0 unspecified atom stereocenters. The monoisotopic (exact) mass is 339 g/mol. The molecule has 26 heavy (non-hydrogen) atoms. The van der Waals surface area contributed by atoms with Gasteiger partial charge >= 0.3 is 0 Å². The molecule has 6 heteroatoms. The molecular formula is C20H13N5O. The van der Waals surface area contributed by atoms with Gasteiger partial charge in [-0.2, -0.15) is 5.26 Å². The second-order valence-corrected chi connectivity index (χ2v) is 5.65. The lowest BCUT2D eigenvalue weighted by atomic mass is 9.98. The molecule has 4 aromatic rings. The van der Waals surface area contributed by atoms with Crippen molar-refractivity contribution in [1.29, 1.82) is 5.26 Å². The van der Waals surface area contributed by atoms with E-state index in [9.17, 15) is 5.26 Å². The average molecular weight is 339 g/mol. The van der Waals surface area contributed by atoms with Gasteiger partial charge in [0.1, 0.15) is 0 Å². The zero-order valence-electron chi connectivity index (χ0n) is 13.6. The molecule has 0 fully saturated rings. The highest BCUT2D eigenvalue weighted by molar-refractivity contribution is 5.78. The number of hydrogen-bond acceptors (Lipinski definition) is 5. The molecular weight excluding hydrogens is 326 g/mol. The zero-order valence-corrected chi connectivity index (χ0v) is 13.6. The van der Waals surface area contributed by atoms with Crippen molar-refractivity contribution in [3.63, 3.8) is 0 Å². The molecule has 0 amide bonds. The van der Waals surface area contributed by atoms with Gasteiger partial charge in [0, 0.05) is 11.8 Å². The molecule has 0 radical (unpaired) electrons. The van der Waals surface area contributed by atoms with Crippen LogP contribution in [0.3, 0.4) is 0 Å². The summed E-state index contributed by atoms with van der Waals surface area (Å²) in [6, 6.07) is 19.5. The lowest BCUT2D eigenvalue weighted by molar-refractivity contribution is 0.321. The summed E-state index contributed by atoms with van der Waals surface area (Å²) in [5.41, 5.74) is 4.87. The van der Waals surface area contributed by atoms with E-state index in [2.05, 4.69) is 21.2 Å². The molecule has 124 valence electrons. The molecule has 0 aliphatic carbocycles. The first-order chi connectivity index (χ1) is 12.8. The van der Waals surface area contributed by atoms with E-state index >= 15 is 0 Å². The van der Waals surface area contributed by atoms with E-state index in [0.29, 0.717) is 17.0 Å². The van der Waals surface area contributed by atoms with Crippen LogP contribution in [0.5, 0.6) is 0 Å². The third-order valence-electron chi connectivity index (χ3n) is 4.11. The smallest absolute Gasteiger partial charge is 0.234 e. The van der Waals surface area contributed by atoms with Gasteiger partial charge in [-0.15, -0.1) is 0 Å². The predicted octanol–water partition coefficient (Wildman–Crippen LogP) is 3.74. The SMILES string of the molecule is N#Cc1ccccc1-c1cccc(-c2cnc3nc(/C=N/O)ccn23)c1. The molecule has 2 aromatic heterocycles. The molecule has 1 N–H and O–H groups in total. The Morgan fingerprint density at radius 1 is 1.08 bits per heavy atom. The summed E-state index contributed by atoms with van der Waals surface area (Å²) in [7, 11) is 0. The van der Waals surface area contributed by atoms with Crippen LogP contribution in [0.2, 0.25) is 0 Å². The van der Waals surface area contributed by atoms with Crippen LogP contribution in [0.15, 0.2) is 72.1 Å². The molecule has 0 spiro atoms. The Hall–Kier alpha value is -3.98. The Morgan fingerprint density at radius 2 is 1.92 bits per heavy atom. The number of imidazole rings is 1. The van der Waals surface area contributed by atoms with Crippen molar-refractivity contribution in [2.24, 2.45) is 5.16 Å². The summed E-state index contributed by atoms with van der Waals surface area (Å²) in [4.78, 5) is 8.65. The minimum absolute atomic E-state index is 0.514. The third-order valence-corrected chi connectivity index (χ3v) is 4.11. The standard InChI is InChI=1S/C20H13N5O/c21-11-16-4-1-2-7-18(16)14-5-3-6-15(10-14)19-13-22-20-24-17(12-23-26)8-9-25(19)20/h1-10,12-13,26H/b23-12+. The topological polar surface area (TPSA) is 86.6 Å². The highest BCUT2D eigenvalue weighted by atomic mass is 16.4. The lowest BCUT2D eigenvalue weighted by Crippen LogP contribution is -1.95. The van der Waals surface area contributed by atoms with Crippen LogP contribution in [-0.4, -0.2) is 25.8 Å². The number of aromatic nitrogens is 3. The first-order valence-electron chi connectivity index (χ1n) is 7.91. The fourth-order valence-corrected chi connectivity index (χ4v) is 2.91. The van der Waals surface area contributed by atoms with Crippen LogP contribution in [0.25, 0.3) is 28.2 Å². The fraction of sp³-hybridized carbons (Fsp3) is 0. The molecule has 0 bridgehead atoms. The number of rotatable bonds is 3. The van der Waals surface area contributed by atoms with Gasteiger partial charge < -0.3 is 5.21 Å². The summed E-state index contributed by atoms with van der Waals surface area (Å²) in [6.45, 7) is 0. The van der Waals surface area contributed by atoms with E-state index in [-0.39, 0.29) is 0 Å². The molecule has 0 aliphatic heterocycles. The van der Waals surface area contributed by atoms with E-state index in [1.54, 1.807) is 12.3 Å². The van der Waals surface area contributed by atoms with Gasteiger partial charge in [0.2, 0.25) is 5.78 Å². The molecule has 2 heterocycles. The Kier molecular flexibility index (Phi) is 3.88. The second kappa shape index (κ2) is 6.49. The maximum atomic E-state index is 9.34. The molecule has 2 aromatic carbocycles. The van der Waals surface area contributed by atoms with Crippen molar-refractivity contribution in [1.82, 2.24) is 14.4 Å². The van der Waals surface area contributed by atoms with Crippen molar-refractivity contribution in [3.8, 4) is 28.5 Å². The van der Waals surface area contributed by atoms with Crippen LogP contribution in [0.1, 0.15) is 11.3 Å². The van der Waals surface area contributed by atoms with Crippen LogP contribution in [0, 0.1) is 11.3 Å². The van der Waals surface area contributed by atoms with Crippen LogP contribution < -0.4 is 0 Å². The summed E-state index contributed by atoms with van der Waals surface area (Å²) < 4.78 is 1.87. The Morgan fingerprint density at radius 3 is 2.77 bits per heavy atom. The maximum absolute atomic E-state index is 9.34. The van der Waals surface area contributed by atoms with Gasteiger partial charge in [-0.1, -0.05) is 41.6 Å². The molecule has 0 aliphatic rings. The first-order valence-corrected chi connectivity index (χ1v) is 7.91. The van der Waals surface area contributed by atoms with Crippen molar-refractivity contribution in [2.45, 2.75) is 0 Å². The zero-order chi connectivity index (χ0) is 17.9. The molecule has 0 saturated carbocycles. The fourth-order valence-electron chi connectivity index (χ4n) is 2.91. The third kappa shape index (κ3) is 2.68. The summed E-state index contributed by atoms with van der Waals surface area (Å²) in [5, 5.41) is 21.0. The minimum Gasteiger partial charge on any atom is -0.411 e. The number of hydrogen-bond donors (Lipinski definition) is 1. The summed E-state index contributed by atoms with van der Waals surface area (Å²) in [6.07, 6.45) is 4.84. The number of nitrogens with zero attached hydrogens (tertiary/aromatic N) is 5. The van der Waals surface area contributed by atoms with Gasteiger partial charge in [-0.3, -0.25) is 4.40 Å². The molecule has 0 saturated heterocycles. The Labute approximate surface area is 149 Å². The molecule has 4 rings (SSSR count). The number of oxime groups is 1. The van der Waals surface area contributed by atoms with Crippen molar-refractivity contribution in [2.75, 3.05) is 0 Å². The first kappa shape index (κ1) is 15.5. The van der Waals surface area contributed by atoms with E-state index < -0.39 is 0 Å². The van der Waals surface area contributed by atoms with Gasteiger partial charge in [-0.25, -0.2) is 9.97 Å². The van der Waals surface area contributed by atoms with Gasteiger partial charge in [0.05, 0.1) is 35.4 Å². The van der Waals surface area contributed by atoms with E-state index in [0.717, 1.165) is 22.4 Å². The largest absolute Gasteiger partial charge is 0.411 e.